The number of hydrogen-bond acceptors (Lipinski definition) is 6. The third kappa shape index (κ3) is 3.71. The van der Waals surface area contributed by atoms with E-state index in [0.717, 1.165) is 43.0 Å². The summed E-state index contributed by atoms with van der Waals surface area (Å²) >= 11 is 0. The Morgan fingerprint density at radius 3 is 2.54 bits per heavy atom. The van der Waals surface area contributed by atoms with Crippen molar-refractivity contribution in [1.29, 1.82) is 0 Å². The Balaban J connectivity index is 1.39. The van der Waals surface area contributed by atoms with E-state index in [1.165, 1.54) is 12.8 Å². The summed E-state index contributed by atoms with van der Waals surface area (Å²) in [6.07, 6.45) is 7.94. The van der Waals surface area contributed by atoms with Crippen molar-refractivity contribution < 1.29 is 0 Å². The molecule has 2 aromatic rings. The van der Waals surface area contributed by atoms with Gasteiger partial charge in [0.1, 0.15) is 18.0 Å². The average molecular weight is 354 g/mol. The van der Waals surface area contributed by atoms with Gasteiger partial charge >= 0.3 is 0 Å². The molecule has 0 aliphatic heterocycles. The van der Waals surface area contributed by atoms with Gasteiger partial charge in [-0.2, -0.15) is 5.10 Å². The van der Waals surface area contributed by atoms with E-state index in [-0.39, 0.29) is 11.6 Å². The lowest BCUT2D eigenvalue weighted by Gasteiger charge is -2.30. The van der Waals surface area contributed by atoms with Crippen molar-refractivity contribution in [2.45, 2.75) is 56.5 Å². The van der Waals surface area contributed by atoms with Crippen LogP contribution < -0.4 is 15.8 Å². The van der Waals surface area contributed by atoms with E-state index in [4.69, 9.17) is 0 Å². The number of nitrogens with zero attached hydrogens (tertiary/aromatic N) is 5. The molecule has 2 fully saturated rings. The van der Waals surface area contributed by atoms with Crippen LogP contribution in [0.5, 0.6) is 0 Å². The number of rotatable bonds is 5. The summed E-state index contributed by atoms with van der Waals surface area (Å²) in [6, 6.07) is 6.15. The smallest absolute Gasteiger partial charge is 0.267 e. The monoisotopic (exact) mass is 354 g/mol. The molecule has 2 aromatic heterocycles. The van der Waals surface area contributed by atoms with E-state index in [1.54, 1.807) is 17.1 Å². The van der Waals surface area contributed by atoms with Crippen LogP contribution in [0.25, 0.3) is 0 Å². The second kappa shape index (κ2) is 7.05. The van der Waals surface area contributed by atoms with Crippen molar-refractivity contribution in [3.8, 4) is 0 Å². The third-order valence-corrected chi connectivity index (χ3v) is 5.35. The van der Waals surface area contributed by atoms with E-state index in [0.29, 0.717) is 12.0 Å². The molecule has 2 saturated carbocycles. The maximum atomic E-state index is 12.3. The molecule has 7 nitrogen and oxygen atoms in total. The molecule has 0 atom stereocenters. The van der Waals surface area contributed by atoms with Crippen LogP contribution in [-0.4, -0.2) is 39.9 Å². The Bertz CT molecular complexity index is 821. The van der Waals surface area contributed by atoms with Crippen LogP contribution in [0, 0.1) is 0 Å². The molecule has 0 unspecified atom stereocenters. The first-order chi connectivity index (χ1) is 12.6. The third-order valence-electron chi connectivity index (χ3n) is 5.35. The van der Waals surface area contributed by atoms with E-state index in [1.807, 2.05) is 31.1 Å². The lowest BCUT2D eigenvalue weighted by Crippen LogP contribution is -2.33. The minimum absolute atomic E-state index is 0.0252. The number of aromatic nitrogens is 4. The zero-order chi connectivity index (χ0) is 18.1. The molecule has 1 N–H and O–H groups in total. The topological polar surface area (TPSA) is 75.9 Å². The molecule has 138 valence electrons. The van der Waals surface area contributed by atoms with Gasteiger partial charge in [-0.15, -0.1) is 0 Å². The SMILES string of the molecule is CN(C)c1cc(NC2CCC(n3nc(C4CC4)ccc3=O)CC2)ncn1. The molecule has 4 rings (SSSR count). The Morgan fingerprint density at radius 1 is 1.08 bits per heavy atom. The highest BCUT2D eigenvalue weighted by atomic mass is 16.1. The fourth-order valence-corrected chi connectivity index (χ4v) is 3.64. The Kier molecular flexibility index (Phi) is 4.61. The summed E-state index contributed by atoms with van der Waals surface area (Å²) in [4.78, 5) is 22.8. The lowest BCUT2D eigenvalue weighted by atomic mass is 9.91. The molecule has 2 aliphatic carbocycles. The van der Waals surface area contributed by atoms with Crippen molar-refractivity contribution in [2.75, 3.05) is 24.3 Å². The van der Waals surface area contributed by atoms with E-state index in [2.05, 4.69) is 20.4 Å². The van der Waals surface area contributed by atoms with Gasteiger partial charge in [0.25, 0.3) is 5.56 Å². The van der Waals surface area contributed by atoms with E-state index in [9.17, 15) is 4.79 Å². The summed E-state index contributed by atoms with van der Waals surface area (Å²) in [6.45, 7) is 0. The first kappa shape index (κ1) is 17.0. The van der Waals surface area contributed by atoms with Crippen LogP contribution >= 0.6 is 0 Å². The Labute approximate surface area is 153 Å². The summed E-state index contributed by atoms with van der Waals surface area (Å²) in [5.74, 6) is 2.32. The molecule has 2 heterocycles. The number of anilines is 2. The predicted molar refractivity (Wildman–Crippen MR) is 102 cm³/mol. The summed E-state index contributed by atoms with van der Waals surface area (Å²) in [5.41, 5.74) is 1.11. The van der Waals surface area contributed by atoms with Gasteiger partial charge in [-0.05, 0) is 44.6 Å². The normalized spacial score (nSPS) is 22.8. The molecule has 2 aliphatic rings. The fourth-order valence-electron chi connectivity index (χ4n) is 3.64. The largest absolute Gasteiger partial charge is 0.367 e. The maximum Gasteiger partial charge on any atom is 0.267 e. The van der Waals surface area contributed by atoms with Gasteiger partial charge in [-0.25, -0.2) is 14.6 Å². The minimum atomic E-state index is 0.0252. The van der Waals surface area contributed by atoms with Crippen LogP contribution in [0.1, 0.15) is 56.2 Å². The molecule has 0 amide bonds. The number of hydrogen-bond donors (Lipinski definition) is 1. The molecule has 0 radical (unpaired) electrons. The molecule has 0 saturated heterocycles. The van der Waals surface area contributed by atoms with Crippen LogP contribution in [0.2, 0.25) is 0 Å². The van der Waals surface area contributed by atoms with Crippen molar-refractivity contribution in [3.63, 3.8) is 0 Å². The van der Waals surface area contributed by atoms with Gasteiger partial charge in [-0.1, -0.05) is 0 Å². The highest BCUT2D eigenvalue weighted by molar-refractivity contribution is 5.47. The molecular formula is C19H26N6O. The molecular weight excluding hydrogens is 328 g/mol. The maximum absolute atomic E-state index is 12.3. The van der Waals surface area contributed by atoms with Gasteiger partial charge in [0.2, 0.25) is 0 Å². The predicted octanol–water partition coefficient (Wildman–Crippen LogP) is 2.57. The fraction of sp³-hybridized carbons (Fsp3) is 0.579. The summed E-state index contributed by atoms with van der Waals surface area (Å²) in [5, 5.41) is 8.17. The van der Waals surface area contributed by atoms with Crippen molar-refractivity contribution in [2.24, 2.45) is 0 Å². The van der Waals surface area contributed by atoms with Crippen molar-refractivity contribution in [3.05, 3.63) is 40.6 Å². The Hall–Kier alpha value is -2.44. The van der Waals surface area contributed by atoms with Crippen LogP contribution in [0.4, 0.5) is 11.6 Å². The zero-order valence-electron chi connectivity index (χ0n) is 15.4. The average Bonchev–Trinajstić information content (AvgIpc) is 3.48. The van der Waals surface area contributed by atoms with Crippen LogP contribution in [-0.2, 0) is 0 Å². The zero-order valence-corrected chi connectivity index (χ0v) is 15.4. The van der Waals surface area contributed by atoms with Gasteiger partial charge in [0.05, 0.1) is 11.7 Å². The lowest BCUT2D eigenvalue weighted by molar-refractivity contribution is 0.301. The van der Waals surface area contributed by atoms with Crippen molar-refractivity contribution >= 4 is 11.6 Å². The summed E-state index contributed by atoms with van der Waals surface area (Å²) < 4.78 is 1.73. The van der Waals surface area contributed by atoms with Gasteiger partial charge < -0.3 is 10.2 Å². The highest BCUT2D eigenvalue weighted by Crippen LogP contribution is 2.38. The van der Waals surface area contributed by atoms with Gasteiger partial charge in [-0.3, -0.25) is 4.79 Å². The van der Waals surface area contributed by atoms with Crippen LogP contribution in [0.15, 0.2) is 29.3 Å². The van der Waals surface area contributed by atoms with Crippen LogP contribution in [0.3, 0.4) is 0 Å². The molecule has 7 heteroatoms. The Morgan fingerprint density at radius 2 is 1.85 bits per heavy atom. The second-order valence-electron chi connectivity index (χ2n) is 7.62. The molecule has 0 aromatic carbocycles. The van der Waals surface area contributed by atoms with Crippen molar-refractivity contribution in [1.82, 2.24) is 19.7 Å². The first-order valence-electron chi connectivity index (χ1n) is 9.46. The highest BCUT2D eigenvalue weighted by Gasteiger charge is 2.28. The minimum Gasteiger partial charge on any atom is -0.367 e. The number of nitrogens with one attached hydrogen (secondary N) is 1. The quantitative estimate of drug-likeness (QED) is 0.889. The summed E-state index contributed by atoms with van der Waals surface area (Å²) in [7, 11) is 3.94. The first-order valence-corrected chi connectivity index (χ1v) is 9.46. The molecule has 0 bridgehead atoms. The van der Waals surface area contributed by atoms with Gasteiger partial charge in [0.15, 0.2) is 0 Å². The standard InChI is InChI=1S/C19H26N6O/c1-24(2)18-11-17(20-12-21-18)22-14-5-7-15(8-6-14)25-19(26)10-9-16(23-25)13-3-4-13/h9-15H,3-8H2,1-2H3,(H,20,21,22). The molecule has 26 heavy (non-hydrogen) atoms. The molecule has 0 spiro atoms. The second-order valence-corrected chi connectivity index (χ2v) is 7.62. The van der Waals surface area contributed by atoms with Gasteiger partial charge in [0, 0.05) is 38.2 Å². The van der Waals surface area contributed by atoms with E-state index < -0.39 is 0 Å². The van der Waals surface area contributed by atoms with E-state index >= 15 is 0 Å².